The number of rotatable bonds is 20. The quantitative estimate of drug-likeness (QED) is 0.143. The van der Waals surface area contributed by atoms with Crippen molar-refractivity contribution in [2.45, 2.75) is 117 Å². The molecule has 0 saturated carbocycles. The van der Waals surface area contributed by atoms with Crippen LogP contribution >= 0.6 is 0 Å². The number of ketones is 4. The van der Waals surface area contributed by atoms with Crippen LogP contribution in [0.3, 0.4) is 0 Å². The van der Waals surface area contributed by atoms with Crippen LogP contribution in [0.5, 0.6) is 0 Å². The van der Waals surface area contributed by atoms with Crippen molar-refractivity contribution in [3.8, 4) is 0 Å². The summed E-state index contributed by atoms with van der Waals surface area (Å²) in [6.45, 7) is 3.62. The molecular formula is C24H40O4. The van der Waals surface area contributed by atoms with Gasteiger partial charge < -0.3 is 4.79 Å². The van der Waals surface area contributed by atoms with Crippen molar-refractivity contribution >= 4 is 23.1 Å². The molecule has 0 atom stereocenters. The molecule has 4 nitrogen and oxygen atoms in total. The van der Waals surface area contributed by atoms with E-state index in [0.717, 1.165) is 70.6 Å². The summed E-state index contributed by atoms with van der Waals surface area (Å²) >= 11 is 0. The molecule has 0 aromatic heterocycles. The smallest absolute Gasteiger partial charge is 0.162 e. The third-order valence-electron chi connectivity index (χ3n) is 4.76. The maximum atomic E-state index is 11.8. The van der Waals surface area contributed by atoms with Crippen LogP contribution < -0.4 is 0 Å². The van der Waals surface area contributed by atoms with Gasteiger partial charge in [-0.2, -0.15) is 0 Å². The van der Waals surface area contributed by atoms with E-state index in [4.69, 9.17) is 0 Å². The van der Waals surface area contributed by atoms with E-state index in [9.17, 15) is 19.2 Å². The summed E-state index contributed by atoms with van der Waals surface area (Å²) in [4.78, 5) is 45.7. The summed E-state index contributed by atoms with van der Waals surface area (Å²) in [5.74, 6) is 0.467. The molecule has 0 saturated heterocycles. The molecule has 0 aliphatic heterocycles. The zero-order chi connectivity index (χ0) is 21.0. The van der Waals surface area contributed by atoms with Gasteiger partial charge >= 0.3 is 0 Å². The van der Waals surface area contributed by atoms with E-state index in [1.54, 1.807) is 13.0 Å². The van der Waals surface area contributed by atoms with Gasteiger partial charge in [-0.15, -0.1) is 0 Å². The first-order valence-corrected chi connectivity index (χ1v) is 11.2. The minimum atomic E-state index is -0.106. The van der Waals surface area contributed by atoms with Gasteiger partial charge in [0, 0.05) is 25.7 Å². The van der Waals surface area contributed by atoms with Crippen LogP contribution in [0.1, 0.15) is 117 Å². The lowest BCUT2D eigenvalue weighted by atomic mass is 10.0. The lowest BCUT2D eigenvalue weighted by Crippen LogP contribution is -2.05. The Morgan fingerprint density at radius 2 is 1.18 bits per heavy atom. The summed E-state index contributed by atoms with van der Waals surface area (Å²) in [5.41, 5.74) is 0. The zero-order valence-electron chi connectivity index (χ0n) is 18.1. The average Bonchev–Trinajstić information content (AvgIpc) is 2.62. The maximum Gasteiger partial charge on any atom is 0.162 e. The molecule has 0 radical (unpaired) electrons. The fraction of sp³-hybridized carbons (Fsp3) is 0.750. The van der Waals surface area contributed by atoms with Crippen molar-refractivity contribution in [3.63, 3.8) is 0 Å². The molecule has 0 aromatic rings. The topological polar surface area (TPSA) is 68.3 Å². The van der Waals surface area contributed by atoms with Crippen molar-refractivity contribution in [1.82, 2.24) is 0 Å². The van der Waals surface area contributed by atoms with Gasteiger partial charge in [0.05, 0.1) is 6.42 Å². The number of hydrogen-bond acceptors (Lipinski definition) is 4. The Labute approximate surface area is 171 Å². The third-order valence-corrected chi connectivity index (χ3v) is 4.76. The zero-order valence-corrected chi connectivity index (χ0v) is 18.1. The van der Waals surface area contributed by atoms with Gasteiger partial charge in [0.2, 0.25) is 0 Å². The highest BCUT2D eigenvalue weighted by Crippen LogP contribution is 2.10. The van der Waals surface area contributed by atoms with Crippen LogP contribution in [0, 0.1) is 0 Å². The van der Waals surface area contributed by atoms with Crippen LogP contribution in [0.15, 0.2) is 12.2 Å². The molecule has 0 bridgehead atoms. The number of unbranched alkanes of at least 4 members (excludes halogenated alkanes) is 8. The Hall–Kier alpha value is -1.58. The summed E-state index contributed by atoms with van der Waals surface area (Å²) < 4.78 is 0. The Kier molecular flexibility index (Phi) is 17.7. The SMILES string of the molecule is CCCC(=O)CCCCCCCCC=CC(=O)CC(=O)CCCCCC(C)=O. The molecule has 0 fully saturated rings. The Morgan fingerprint density at radius 1 is 0.643 bits per heavy atom. The van der Waals surface area contributed by atoms with Gasteiger partial charge in [0.1, 0.15) is 17.3 Å². The van der Waals surface area contributed by atoms with Crippen molar-refractivity contribution < 1.29 is 19.2 Å². The Bertz CT molecular complexity index is 491. The standard InChI is InChI=1S/C24H40O4/c1-3-15-22(26)17-12-8-6-4-5-7-9-13-18-23(27)20-24(28)19-14-10-11-16-21(2)25/h13,18H,3-12,14-17,19-20H2,1-2H3. The normalized spacial score (nSPS) is 11.1. The van der Waals surface area contributed by atoms with Crippen LogP contribution in [0.2, 0.25) is 0 Å². The number of allylic oxidation sites excluding steroid dienone is 2. The molecule has 0 unspecified atom stereocenters. The molecule has 0 amide bonds. The molecule has 0 spiro atoms. The fourth-order valence-corrected chi connectivity index (χ4v) is 3.12. The van der Waals surface area contributed by atoms with E-state index in [0.29, 0.717) is 18.6 Å². The number of hydrogen-bond donors (Lipinski definition) is 0. The van der Waals surface area contributed by atoms with E-state index in [1.807, 2.05) is 13.0 Å². The highest BCUT2D eigenvalue weighted by Gasteiger charge is 2.06. The van der Waals surface area contributed by atoms with Crippen LogP contribution in [0.4, 0.5) is 0 Å². The van der Waals surface area contributed by atoms with Crippen LogP contribution in [-0.2, 0) is 19.2 Å². The van der Waals surface area contributed by atoms with Crippen molar-refractivity contribution in [2.24, 2.45) is 0 Å². The van der Waals surface area contributed by atoms with E-state index in [-0.39, 0.29) is 23.8 Å². The predicted molar refractivity (Wildman–Crippen MR) is 114 cm³/mol. The first-order chi connectivity index (χ1) is 13.5. The molecule has 0 aliphatic carbocycles. The monoisotopic (exact) mass is 392 g/mol. The number of Topliss-reactive ketones (excluding diaryl/α,β-unsaturated/α-hetero) is 3. The predicted octanol–water partition coefficient (Wildman–Crippen LogP) is 6.10. The molecular weight excluding hydrogens is 352 g/mol. The van der Waals surface area contributed by atoms with E-state index >= 15 is 0 Å². The second kappa shape index (κ2) is 18.8. The first-order valence-electron chi connectivity index (χ1n) is 11.2. The van der Waals surface area contributed by atoms with Gasteiger partial charge in [-0.25, -0.2) is 0 Å². The van der Waals surface area contributed by atoms with Gasteiger partial charge in [-0.1, -0.05) is 45.1 Å². The van der Waals surface area contributed by atoms with E-state index in [1.165, 1.54) is 12.8 Å². The minimum Gasteiger partial charge on any atom is -0.300 e. The number of carbonyl (C=O) groups is 4. The van der Waals surface area contributed by atoms with E-state index in [2.05, 4.69) is 0 Å². The van der Waals surface area contributed by atoms with Crippen LogP contribution in [-0.4, -0.2) is 23.1 Å². The van der Waals surface area contributed by atoms with Gasteiger partial charge in [0.15, 0.2) is 5.78 Å². The molecule has 0 rings (SSSR count). The Morgan fingerprint density at radius 3 is 1.82 bits per heavy atom. The van der Waals surface area contributed by atoms with Gasteiger partial charge in [-0.05, 0) is 51.5 Å². The summed E-state index contributed by atoms with van der Waals surface area (Å²) in [5, 5.41) is 0. The lowest BCUT2D eigenvalue weighted by Gasteiger charge is -2.01. The molecule has 0 aromatic carbocycles. The Balaban J connectivity index is 3.51. The highest BCUT2D eigenvalue weighted by atomic mass is 16.1. The van der Waals surface area contributed by atoms with Crippen molar-refractivity contribution in [3.05, 3.63) is 12.2 Å². The van der Waals surface area contributed by atoms with Crippen molar-refractivity contribution in [1.29, 1.82) is 0 Å². The minimum absolute atomic E-state index is 0.0000399. The molecule has 160 valence electrons. The summed E-state index contributed by atoms with van der Waals surface area (Å²) in [7, 11) is 0. The fourth-order valence-electron chi connectivity index (χ4n) is 3.12. The second-order valence-corrected chi connectivity index (χ2v) is 7.80. The second-order valence-electron chi connectivity index (χ2n) is 7.80. The third kappa shape index (κ3) is 19.2. The van der Waals surface area contributed by atoms with Gasteiger partial charge in [-0.3, -0.25) is 14.4 Å². The first kappa shape index (κ1) is 26.4. The van der Waals surface area contributed by atoms with Gasteiger partial charge in [0.25, 0.3) is 0 Å². The molecule has 0 aliphatic rings. The summed E-state index contributed by atoms with van der Waals surface area (Å²) in [6.07, 6.45) is 16.8. The highest BCUT2D eigenvalue weighted by molar-refractivity contribution is 6.04. The number of carbonyl (C=O) groups excluding carboxylic acids is 4. The van der Waals surface area contributed by atoms with E-state index < -0.39 is 0 Å². The molecule has 0 N–H and O–H groups in total. The largest absolute Gasteiger partial charge is 0.300 e. The molecule has 28 heavy (non-hydrogen) atoms. The maximum absolute atomic E-state index is 11.8. The average molecular weight is 393 g/mol. The van der Waals surface area contributed by atoms with Crippen LogP contribution in [0.25, 0.3) is 0 Å². The summed E-state index contributed by atoms with van der Waals surface area (Å²) in [6, 6.07) is 0. The molecule has 0 heterocycles. The van der Waals surface area contributed by atoms with Crippen molar-refractivity contribution in [2.75, 3.05) is 0 Å². The lowest BCUT2D eigenvalue weighted by molar-refractivity contribution is -0.125. The molecule has 4 heteroatoms.